The molecule has 1 aliphatic carbocycles. The Bertz CT molecular complexity index is 452. The lowest BCUT2D eigenvalue weighted by Crippen LogP contribution is -2.30. The molecule has 1 amide bonds. The topological polar surface area (TPSA) is 67.2 Å². The van der Waals surface area contributed by atoms with Gasteiger partial charge in [-0.2, -0.15) is 0 Å². The smallest absolute Gasteiger partial charge is 0.253 e. The summed E-state index contributed by atoms with van der Waals surface area (Å²) >= 11 is 0. The van der Waals surface area contributed by atoms with E-state index in [-0.39, 0.29) is 5.91 Å². The van der Waals surface area contributed by atoms with Gasteiger partial charge < -0.3 is 10.7 Å². The normalized spacial score (nSPS) is 16.2. The van der Waals surface area contributed by atoms with Gasteiger partial charge in [0.2, 0.25) is 0 Å². The standard InChI is InChI=1S/C14H21N3O/c1-3-14(6-7-14)9-16-13(18)11-5-4-10(2)8-12(11)17-15/h4-5,8,17H,3,6-7,9,15H2,1-2H3,(H,16,18). The maximum atomic E-state index is 12.1. The highest BCUT2D eigenvalue weighted by molar-refractivity contribution is 5.99. The number of nitrogens with two attached hydrogens (primary N) is 1. The maximum absolute atomic E-state index is 12.1. The van der Waals surface area contributed by atoms with Gasteiger partial charge in [-0.05, 0) is 49.3 Å². The van der Waals surface area contributed by atoms with E-state index in [1.165, 1.54) is 12.8 Å². The summed E-state index contributed by atoms with van der Waals surface area (Å²) in [4.78, 5) is 12.1. The molecule has 0 spiro atoms. The number of benzene rings is 1. The number of nitrogen functional groups attached to an aromatic ring is 1. The lowest BCUT2D eigenvalue weighted by Gasteiger charge is -2.15. The van der Waals surface area contributed by atoms with Crippen LogP contribution in [-0.4, -0.2) is 12.5 Å². The molecule has 98 valence electrons. The first kappa shape index (κ1) is 12.9. The van der Waals surface area contributed by atoms with E-state index < -0.39 is 0 Å². The predicted octanol–water partition coefficient (Wildman–Crippen LogP) is 2.20. The maximum Gasteiger partial charge on any atom is 0.253 e. The summed E-state index contributed by atoms with van der Waals surface area (Å²) in [6.07, 6.45) is 3.57. The second-order valence-corrected chi connectivity index (χ2v) is 5.23. The molecule has 1 saturated carbocycles. The number of nitrogens with one attached hydrogen (secondary N) is 2. The first-order valence-electron chi connectivity index (χ1n) is 6.46. The highest BCUT2D eigenvalue weighted by Gasteiger charge is 2.40. The monoisotopic (exact) mass is 247 g/mol. The van der Waals surface area contributed by atoms with Gasteiger partial charge in [0.05, 0.1) is 11.3 Å². The number of aryl methyl sites for hydroxylation is 1. The minimum absolute atomic E-state index is 0.0531. The van der Waals surface area contributed by atoms with Crippen LogP contribution in [0.1, 0.15) is 42.1 Å². The number of carbonyl (C=O) groups excluding carboxylic acids is 1. The van der Waals surface area contributed by atoms with Crippen LogP contribution in [0, 0.1) is 12.3 Å². The van der Waals surface area contributed by atoms with Gasteiger partial charge >= 0.3 is 0 Å². The van der Waals surface area contributed by atoms with Crippen molar-refractivity contribution in [1.82, 2.24) is 5.32 Å². The molecular weight excluding hydrogens is 226 g/mol. The van der Waals surface area contributed by atoms with Crippen molar-refractivity contribution in [3.63, 3.8) is 0 Å². The highest BCUT2D eigenvalue weighted by Crippen LogP contribution is 2.47. The third-order valence-corrected chi connectivity index (χ3v) is 3.91. The molecule has 4 heteroatoms. The summed E-state index contributed by atoms with van der Waals surface area (Å²) in [5, 5.41) is 3.01. The highest BCUT2D eigenvalue weighted by atomic mass is 16.1. The number of hydrogen-bond acceptors (Lipinski definition) is 3. The molecule has 1 aliphatic rings. The SMILES string of the molecule is CCC1(CNC(=O)c2ccc(C)cc2NN)CC1. The van der Waals surface area contributed by atoms with E-state index in [1.807, 2.05) is 25.1 Å². The molecule has 4 nitrogen and oxygen atoms in total. The van der Waals surface area contributed by atoms with Crippen LogP contribution in [0.2, 0.25) is 0 Å². The third-order valence-electron chi connectivity index (χ3n) is 3.91. The number of amides is 1. The Labute approximate surface area is 108 Å². The van der Waals surface area contributed by atoms with E-state index in [0.29, 0.717) is 16.7 Å². The molecule has 0 heterocycles. The molecule has 0 bridgehead atoms. The molecule has 0 aliphatic heterocycles. The third kappa shape index (κ3) is 2.64. The van der Waals surface area contributed by atoms with E-state index in [1.54, 1.807) is 0 Å². The molecule has 1 aromatic rings. The van der Waals surface area contributed by atoms with E-state index >= 15 is 0 Å². The van der Waals surface area contributed by atoms with Crippen molar-refractivity contribution in [2.24, 2.45) is 11.3 Å². The fraction of sp³-hybridized carbons (Fsp3) is 0.500. The van der Waals surface area contributed by atoms with E-state index in [4.69, 9.17) is 5.84 Å². The molecule has 18 heavy (non-hydrogen) atoms. The number of rotatable bonds is 5. The molecule has 4 N–H and O–H groups in total. The zero-order valence-corrected chi connectivity index (χ0v) is 11.0. The van der Waals surface area contributed by atoms with Crippen LogP contribution in [-0.2, 0) is 0 Å². The Kier molecular flexibility index (Phi) is 3.57. The minimum atomic E-state index is -0.0531. The Balaban J connectivity index is 2.04. The Morgan fingerprint density at radius 3 is 2.72 bits per heavy atom. The van der Waals surface area contributed by atoms with Crippen molar-refractivity contribution >= 4 is 11.6 Å². The summed E-state index contributed by atoms with van der Waals surface area (Å²) in [5.41, 5.74) is 5.30. The summed E-state index contributed by atoms with van der Waals surface area (Å²) in [6, 6.07) is 5.61. The molecular formula is C14H21N3O. The number of hydrogen-bond donors (Lipinski definition) is 3. The van der Waals surface area contributed by atoms with Gasteiger partial charge in [0.1, 0.15) is 0 Å². The van der Waals surface area contributed by atoms with Crippen molar-refractivity contribution in [3.8, 4) is 0 Å². The lowest BCUT2D eigenvalue weighted by atomic mass is 10.0. The Morgan fingerprint density at radius 1 is 1.44 bits per heavy atom. The van der Waals surface area contributed by atoms with E-state index in [9.17, 15) is 4.79 Å². The second kappa shape index (κ2) is 4.98. The first-order chi connectivity index (χ1) is 8.60. The number of hydrazine groups is 1. The summed E-state index contributed by atoms with van der Waals surface area (Å²) in [6.45, 7) is 4.91. The first-order valence-corrected chi connectivity index (χ1v) is 6.46. The van der Waals surface area contributed by atoms with Crippen LogP contribution in [0.25, 0.3) is 0 Å². The van der Waals surface area contributed by atoms with Crippen molar-refractivity contribution in [2.45, 2.75) is 33.1 Å². The van der Waals surface area contributed by atoms with Crippen LogP contribution in [0.4, 0.5) is 5.69 Å². The molecule has 2 rings (SSSR count). The lowest BCUT2D eigenvalue weighted by molar-refractivity contribution is 0.0945. The summed E-state index contributed by atoms with van der Waals surface area (Å²) < 4.78 is 0. The zero-order valence-electron chi connectivity index (χ0n) is 11.0. The fourth-order valence-electron chi connectivity index (χ4n) is 2.17. The van der Waals surface area contributed by atoms with Crippen LogP contribution in [0.3, 0.4) is 0 Å². The average Bonchev–Trinajstić information content (AvgIpc) is 3.16. The summed E-state index contributed by atoms with van der Waals surface area (Å²) in [5.74, 6) is 5.39. The van der Waals surface area contributed by atoms with E-state index in [2.05, 4.69) is 17.7 Å². The van der Waals surface area contributed by atoms with Crippen molar-refractivity contribution in [3.05, 3.63) is 29.3 Å². The van der Waals surface area contributed by atoms with Gasteiger partial charge in [-0.15, -0.1) is 0 Å². The number of carbonyl (C=O) groups is 1. The minimum Gasteiger partial charge on any atom is -0.351 e. The average molecular weight is 247 g/mol. The van der Waals surface area contributed by atoms with Gasteiger partial charge in [0.25, 0.3) is 5.91 Å². The quantitative estimate of drug-likeness (QED) is 0.552. The van der Waals surface area contributed by atoms with Crippen molar-refractivity contribution < 1.29 is 4.79 Å². The Hall–Kier alpha value is -1.55. The zero-order chi connectivity index (χ0) is 13.2. The molecule has 0 aromatic heterocycles. The van der Waals surface area contributed by atoms with Gasteiger partial charge in [-0.25, -0.2) is 0 Å². The van der Waals surface area contributed by atoms with Crippen molar-refractivity contribution in [2.75, 3.05) is 12.0 Å². The number of anilines is 1. The molecule has 0 atom stereocenters. The molecule has 0 unspecified atom stereocenters. The van der Waals surface area contributed by atoms with Gasteiger partial charge in [0, 0.05) is 6.54 Å². The van der Waals surface area contributed by atoms with Crippen LogP contribution in [0.5, 0.6) is 0 Å². The largest absolute Gasteiger partial charge is 0.351 e. The van der Waals surface area contributed by atoms with Gasteiger partial charge in [-0.1, -0.05) is 13.0 Å². The predicted molar refractivity (Wildman–Crippen MR) is 73.3 cm³/mol. The second-order valence-electron chi connectivity index (χ2n) is 5.23. The molecule has 1 aromatic carbocycles. The molecule has 0 radical (unpaired) electrons. The Morgan fingerprint density at radius 2 is 2.17 bits per heavy atom. The summed E-state index contributed by atoms with van der Waals surface area (Å²) in [7, 11) is 0. The van der Waals surface area contributed by atoms with Crippen LogP contribution in [0.15, 0.2) is 18.2 Å². The fourth-order valence-corrected chi connectivity index (χ4v) is 2.17. The molecule has 0 saturated heterocycles. The van der Waals surface area contributed by atoms with Crippen LogP contribution < -0.4 is 16.6 Å². The molecule has 1 fully saturated rings. The van der Waals surface area contributed by atoms with Crippen molar-refractivity contribution in [1.29, 1.82) is 0 Å². The van der Waals surface area contributed by atoms with Crippen LogP contribution >= 0.6 is 0 Å². The van der Waals surface area contributed by atoms with E-state index in [0.717, 1.165) is 18.5 Å². The van der Waals surface area contributed by atoms with Gasteiger partial charge in [0.15, 0.2) is 0 Å². The van der Waals surface area contributed by atoms with Gasteiger partial charge in [-0.3, -0.25) is 10.6 Å².